The second kappa shape index (κ2) is 5.49. The summed E-state index contributed by atoms with van der Waals surface area (Å²) in [5, 5.41) is 0.243. The number of halogens is 2. The van der Waals surface area contributed by atoms with E-state index in [4.69, 9.17) is 23.2 Å². The quantitative estimate of drug-likeness (QED) is 0.532. The monoisotopic (exact) mass is 356 g/mol. The van der Waals surface area contributed by atoms with Crippen LogP contribution in [0.3, 0.4) is 0 Å². The van der Waals surface area contributed by atoms with Crippen LogP contribution < -0.4 is 0 Å². The van der Waals surface area contributed by atoms with Gasteiger partial charge in [-0.2, -0.15) is 4.98 Å². The minimum atomic E-state index is -3.20. The van der Waals surface area contributed by atoms with Gasteiger partial charge in [-0.3, -0.25) is 0 Å². The smallest absolute Gasteiger partial charge is 0.225 e. The number of hydrogen-bond donors (Lipinski definition) is 0. The van der Waals surface area contributed by atoms with Crippen molar-refractivity contribution in [1.29, 1.82) is 0 Å². The molecule has 0 spiro atoms. The van der Waals surface area contributed by atoms with Crippen molar-refractivity contribution in [1.82, 2.24) is 19.5 Å². The normalized spacial score (nSPS) is 12.0. The van der Waals surface area contributed by atoms with Crippen molar-refractivity contribution < 1.29 is 8.42 Å². The van der Waals surface area contributed by atoms with E-state index in [0.717, 1.165) is 5.56 Å². The van der Waals surface area contributed by atoms with Gasteiger partial charge in [-0.1, -0.05) is 23.7 Å². The van der Waals surface area contributed by atoms with Crippen molar-refractivity contribution in [3.8, 4) is 0 Å². The molecule has 0 aliphatic rings. The minimum absolute atomic E-state index is 0.0478. The number of imidazole rings is 1. The van der Waals surface area contributed by atoms with Gasteiger partial charge in [-0.15, -0.1) is 0 Å². The van der Waals surface area contributed by atoms with Gasteiger partial charge in [0.25, 0.3) is 0 Å². The molecule has 0 N–H and O–H groups in total. The van der Waals surface area contributed by atoms with E-state index in [9.17, 15) is 8.42 Å². The average Bonchev–Trinajstić information content (AvgIpc) is 2.82. The molecule has 0 atom stereocenters. The third-order valence-corrected chi connectivity index (χ3v) is 4.66. The lowest BCUT2D eigenvalue weighted by Crippen LogP contribution is -2.01. The summed E-state index contributed by atoms with van der Waals surface area (Å²) in [5.41, 5.74) is 1.90. The highest BCUT2D eigenvalue weighted by Gasteiger charge is 2.12. The van der Waals surface area contributed by atoms with E-state index in [1.165, 1.54) is 6.26 Å². The lowest BCUT2D eigenvalue weighted by Gasteiger charge is -2.05. The zero-order chi connectivity index (χ0) is 15.9. The number of hydrogen-bond acceptors (Lipinski definition) is 5. The molecule has 2 heterocycles. The Hall–Kier alpha value is -1.70. The Kier molecular flexibility index (Phi) is 3.80. The summed E-state index contributed by atoms with van der Waals surface area (Å²) >= 11 is 11.8. The Bertz CT molecular complexity index is 952. The van der Waals surface area contributed by atoms with Crippen molar-refractivity contribution in [2.45, 2.75) is 11.4 Å². The first kappa shape index (κ1) is 15.2. The number of nitrogens with zero attached hydrogens (tertiary/aromatic N) is 4. The molecule has 3 rings (SSSR count). The van der Waals surface area contributed by atoms with Crippen LogP contribution in [0.4, 0.5) is 0 Å². The molecule has 2 aromatic heterocycles. The predicted octanol–water partition coefficient (Wildman–Crippen LogP) is 2.58. The van der Waals surface area contributed by atoms with Crippen LogP contribution in [-0.4, -0.2) is 34.2 Å². The fourth-order valence-electron chi connectivity index (χ4n) is 2.04. The van der Waals surface area contributed by atoms with Gasteiger partial charge in [0.05, 0.1) is 17.8 Å². The number of aromatic nitrogens is 4. The number of sulfone groups is 1. The van der Waals surface area contributed by atoms with E-state index in [1.54, 1.807) is 35.2 Å². The fourth-order valence-corrected chi connectivity index (χ4v) is 3.09. The van der Waals surface area contributed by atoms with Crippen molar-refractivity contribution >= 4 is 44.2 Å². The molecule has 1 aromatic carbocycles. The van der Waals surface area contributed by atoms with Gasteiger partial charge >= 0.3 is 0 Å². The maximum Gasteiger partial charge on any atom is 0.225 e. The van der Waals surface area contributed by atoms with E-state index < -0.39 is 9.84 Å². The van der Waals surface area contributed by atoms with Crippen LogP contribution in [0.15, 0.2) is 35.5 Å². The largest absolute Gasteiger partial charge is 0.311 e. The van der Waals surface area contributed by atoms with Gasteiger partial charge in [0.15, 0.2) is 20.6 Å². The Labute approximate surface area is 136 Å². The minimum Gasteiger partial charge on any atom is -0.311 e. The van der Waals surface area contributed by atoms with E-state index in [0.29, 0.717) is 17.7 Å². The third-order valence-electron chi connectivity index (χ3n) is 3.10. The summed E-state index contributed by atoms with van der Waals surface area (Å²) in [7, 11) is -3.20. The van der Waals surface area contributed by atoms with Crippen LogP contribution in [0, 0.1) is 0 Å². The highest BCUT2D eigenvalue weighted by atomic mass is 35.5. The Morgan fingerprint density at radius 3 is 2.45 bits per heavy atom. The average molecular weight is 357 g/mol. The number of rotatable bonds is 3. The van der Waals surface area contributed by atoms with Crippen LogP contribution in [0.25, 0.3) is 11.2 Å². The molecular weight excluding hydrogens is 347 g/mol. The van der Waals surface area contributed by atoms with Gasteiger partial charge < -0.3 is 4.57 Å². The van der Waals surface area contributed by atoms with Crippen LogP contribution >= 0.6 is 23.2 Å². The molecule has 22 heavy (non-hydrogen) atoms. The van der Waals surface area contributed by atoms with Gasteiger partial charge in [-0.25, -0.2) is 18.4 Å². The zero-order valence-electron chi connectivity index (χ0n) is 11.4. The van der Waals surface area contributed by atoms with Crippen molar-refractivity contribution in [3.63, 3.8) is 0 Å². The summed E-state index contributed by atoms with van der Waals surface area (Å²) in [5.74, 6) is 0. The zero-order valence-corrected chi connectivity index (χ0v) is 13.7. The lowest BCUT2D eigenvalue weighted by atomic mass is 10.2. The first-order chi connectivity index (χ1) is 10.3. The standard InChI is InChI=1S/C13H10Cl2N4O2S/c1-22(20,21)9-4-2-8(3-5-9)6-19-7-16-10-11(14)17-13(15)18-12(10)19/h2-5,7H,6H2,1H3. The van der Waals surface area contributed by atoms with E-state index in [2.05, 4.69) is 15.0 Å². The van der Waals surface area contributed by atoms with E-state index in [-0.39, 0.29) is 15.3 Å². The second-order valence-corrected chi connectivity index (χ2v) is 7.46. The summed E-state index contributed by atoms with van der Waals surface area (Å²) < 4.78 is 24.7. The number of benzene rings is 1. The van der Waals surface area contributed by atoms with Crippen molar-refractivity contribution in [3.05, 3.63) is 46.6 Å². The molecule has 0 saturated heterocycles. The van der Waals surface area contributed by atoms with Gasteiger partial charge in [0.1, 0.15) is 5.52 Å². The van der Waals surface area contributed by atoms with Crippen LogP contribution in [-0.2, 0) is 16.4 Å². The first-order valence-corrected chi connectivity index (χ1v) is 8.82. The molecule has 0 aliphatic heterocycles. The van der Waals surface area contributed by atoms with E-state index in [1.807, 2.05) is 0 Å². The Morgan fingerprint density at radius 1 is 1.14 bits per heavy atom. The summed E-state index contributed by atoms with van der Waals surface area (Å²) in [4.78, 5) is 12.4. The molecule has 9 heteroatoms. The van der Waals surface area contributed by atoms with Crippen molar-refractivity contribution in [2.24, 2.45) is 0 Å². The molecule has 3 aromatic rings. The fraction of sp³-hybridized carbons (Fsp3) is 0.154. The second-order valence-electron chi connectivity index (χ2n) is 4.74. The summed E-state index contributed by atoms with van der Waals surface area (Å²) in [6, 6.07) is 6.62. The molecular formula is C13H10Cl2N4O2S. The molecule has 0 fully saturated rings. The third kappa shape index (κ3) is 2.92. The molecule has 0 unspecified atom stereocenters. The van der Waals surface area contributed by atoms with Crippen LogP contribution in [0.1, 0.15) is 5.56 Å². The molecule has 6 nitrogen and oxygen atoms in total. The first-order valence-electron chi connectivity index (χ1n) is 6.17. The Morgan fingerprint density at radius 2 is 1.82 bits per heavy atom. The lowest BCUT2D eigenvalue weighted by molar-refractivity contribution is 0.602. The molecule has 0 bridgehead atoms. The topological polar surface area (TPSA) is 77.7 Å². The maximum absolute atomic E-state index is 11.4. The highest BCUT2D eigenvalue weighted by molar-refractivity contribution is 7.90. The molecule has 0 aliphatic carbocycles. The summed E-state index contributed by atoms with van der Waals surface area (Å²) in [6.07, 6.45) is 2.76. The van der Waals surface area contributed by atoms with Crippen LogP contribution in [0.2, 0.25) is 10.4 Å². The van der Waals surface area contributed by atoms with Gasteiger partial charge in [0.2, 0.25) is 5.28 Å². The van der Waals surface area contributed by atoms with Crippen molar-refractivity contribution in [2.75, 3.05) is 6.26 Å². The SMILES string of the molecule is CS(=O)(=O)c1ccc(Cn2cnc3c(Cl)nc(Cl)nc32)cc1. The van der Waals surface area contributed by atoms with Gasteiger partial charge in [-0.05, 0) is 29.3 Å². The molecule has 0 radical (unpaired) electrons. The highest BCUT2D eigenvalue weighted by Crippen LogP contribution is 2.21. The van der Waals surface area contributed by atoms with Crippen LogP contribution in [0.5, 0.6) is 0 Å². The van der Waals surface area contributed by atoms with Gasteiger partial charge in [0, 0.05) is 6.26 Å². The Balaban J connectivity index is 1.97. The molecule has 0 amide bonds. The maximum atomic E-state index is 11.4. The van der Waals surface area contributed by atoms with E-state index >= 15 is 0 Å². The number of fused-ring (bicyclic) bond motifs is 1. The predicted molar refractivity (Wildman–Crippen MR) is 84.0 cm³/mol. The molecule has 114 valence electrons. The molecule has 0 saturated carbocycles. The summed E-state index contributed by atoms with van der Waals surface area (Å²) in [6.45, 7) is 0.463.